The molecule has 0 aliphatic rings. The summed E-state index contributed by atoms with van der Waals surface area (Å²) in [7, 11) is 4.70. The Morgan fingerprint density at radius 1 is 1.00 bits per heavy atom. The summed E-state index contributed by atoms with van der Waals surface area (Å²) < 4.78 is 16.1. The summed E-state index contributed by atoms with van der Waals surface area (Å²) in [6.45, 7) is 5.41. The van der Waals surface area contributed by atoms with E-state index in [1.54, 1.807) is 33.5 Å². The Balaban J connectivity index is 2.20. The number of amides is 1. The normalized spacial score (nSPS) is 10.8. The molecule has 0 spiro atoms. The van der Waals surface area contributed by atoms with Crippen LogP contribution in [0.5, 0.6) is 17.2 Å². The molecule has 0 unspecified atom stereocenters. The first-order valence-electron chi connectivity index (χ1n) is 9.34. The van der Waals surface area contributed by atoms with Crippen LogP contribution in [0.15, 0.2) is 42.5 Å². The topological polar surface area (TPSA) is 48.0 Å². The fourth-order valence-electron chi connectivity index (χ4n) is 2.92. The summed E-state index contributed by atoms with van der Waals surface area (Å²) in [5.41, 5.74) is 3.13. The molecular formula is C23H29NO4. The molecule has 1 amide bonds. The number of hydrogen-bond donors (Lipinski definition) is 0. The average Bonchev–Trinajstić information content (AvgIpc) is 2.72. The largest absolute Gasteiger partial charge is 0.493 e. The molecule has 0 N–H and O–H groups in total. The van der Waals surface area contributed by atoms with E-state index in [2.05, 4.69) is 38.1 Å². The molecular weight excluding hydrogens is 354 g/mol. The summed E-state index contributed by atoms with van der Waals surface area (Å²) >= 11 is 0. The van der Waals surface area contributed by atoms with Gasteiger partial charge in [-0.05, 0) is 42.7 Å². The number of hydrogen-bond acceptors (Lipinski definition) is 4. The molecule has 0 fully saturated rings. The monoisotopic (exact) mass is 383 g/mol. The zero-order valence-electron chi connectivity index (χ0n) is 17.3. The highest BCUT2D eigenvalue weighted by Gasteiger charge is 2.13. The highest BCUT2D eigenvalue weighted by Crippen LogP contribution is 2.38. The van der Waals surface area contributed by atoms with Crippen molar-refractivity contribution >= 4 is 12.0 Å². The first kappa shape index (κ1) is 21.4. The van der Waals surface area contributed by atoms with Gasteiger partial charge in [-0.15, -0.1) is 0 Å². The fourth-order valence-corrected chi connectivity index (χ4v) is 2.92. The van der Waals surface area contributed by atoms with Gasteiger partial charge in [-0.2, -0.15) is 0 Å². The lowest BCUT2D eigenvalue weighted by molar-refractivity contribution is -0.126. The van der Waals surface area contributed by atoms with Gasteiger partial charge < -0.3 is 19.1 Å². The number of methoxy groups -OCH3 is 3. The quantitative estimate of drug-likeness (QED) is 0.599. The van der Waals surface area contributed by atoms with Crippen molar-refractivity contribution in [2.24, 2.45) is 0 Å². The summed E-state index contributed by atoms with van der Waals surface area (Å²) in [6.07, 6.45) is 4.25. The first-order valence-corrected chi connectivity index (χ1v) is 9.34. The second kappa shape index (κ2) is 10.4. The van der Waals surface area contributed by atoms with E-state index in [4.69, 9.17) is 14.2 Å². The number of carbonyl (C=O) groups excluding carboxylic acids is 1. The molecule has 0 saturated carbocycles. The van der Waals surface area contributed by atoms with Gasteiger partial charge in [0.2, 0.25) is 11.7 Å². The third-order valence-electron chi connectivity index (χ3n) is 4.40. The lowest BCUT2D eigenvalue weighted by atomic mass is 10.1. The lowest BCUT2D eigenvalue weighted by Crippen LogP contribution is -2.29. The highest BCUT2D eigenvalue weighted by molar-refractivity contribution is 5.92. The van der Waals surface area contributed by atoms with Crippen molar-refractivity contribution in [1.82, 2.24) is 4.90 Å². The Morgan fingerprint density at radius 3 is 2.11 bits per heavy atom. The van der Waals surface area contributed by atoms with Gasteiger partial charge in [0.25, 0.3) is 0 Å². The summed E-state index contributed by atoms with van der Waals surface area (Å²) in [5.74, 6) is 1.61. The second-order valence-corrected chi connectivity index (χ2v) is 6.54. The van der Waals surface area contributed by atoms with Crippen LogP contribution in [0.1, 0.15) is 30.0 Å². The van der Waals surface area contributed by atoms with Crippen molar-refractivity contribution in [3.8, 4) is 17.2 Å². The van der Waals surface area contributed by atoms with Crippen LogP contribution in [0.25, 0.3) is 6.08 Å². The molecule has 150 valence electrons. The molecule has 2 aromatic carbocycles. The van der Waals surface area contributed by atoms with E-state index in [0.717, 1.165) is 17.5 Å². The molecule has 2 rings (SSSR count). The molecule has 0 bridgehead atoms. The Hall–Kier alpha value is -2.95. The van der Waals surface area contributed by atoms with Crippen molar-refractivity contribution in [3.63, 3.8) is 0 Å². The standard InChI is InChI=1S/C23H29NO4/c1-6-13-24(16-18-9-7-17(2)8-10-18)22(25)12-11-19-14-20(26-3)23(28-5)21(15-19)27-4/h7-12,14-15H,6,13,16H2,1-5H3/b12-11+. The average molecular weight is 383 g/mol. The Labute approximate surface area is 167 Å². The van der Waals surface area contributed by atoms with Crippen LogP contribution in [0.3, 0.4) is 0 Å². The van der Waals surface area contributed by atoms with Gasteiger partial charge in [0.05, 0.1) is 21.3 Å². The van der Waals surface area contributed by atoms with Crippen LogP contribution in [0, 0.1) is 6.92 Å². The van der Waals surface area contributed by atoms with Gasteiger partial charge in [0.15, 0.2) is 11.5 Å². The third kappa shape index (κ3) is 5.52. The van der Waals surface area contributed by atoms with Crippen LogP contribution in [0.2, 0.25) is 0 Å². The molecule has 0 saturated heterocycles. The van der Waals surface area contributed by atoms with Crippen LogP contribution in [-0.2, 0) is 11.3 Å². The van der Waals surface area contributed by atoms with Crippen molar-refractivity contribution in [1.29, 1.82) is 0 Å². The predicted octanol–water partition coefficient (Wildman–Crippen LogP) is 4.47. The Morgan fingerprint density at radius 2 is 1.61 bits per heavy atom. The third-order valence-corrected chi connectivity index (χ3v) is 4.40. The first-order chi connectivity index (χ1) is 13.5. The maximum atomic E-state index is 12.8. The summed E-state index contributed by atoms with van der Waals surface area (Å²) in [6, 6.07) is 11.9. The highest BCUT2D eigenvalue weighted by atomic mass is 16.5. The van der Waals surface area contributed by atoms with E-state index < -0.39 is 0 Å². The van der Waals surface area contributed by atoms with E-state index >= 15 is 0 Å². The molecule has 5 nitrogen and oxygen atoms in total. The van der Waals surface area contributed by atoms with E-state index in [0.29, 0.717) is 30.3 Å². The minimum atomic E-state index is -0.0313. The fraction of sp³-hybridized carbons (Fsp3) is 0.348. The molecule has 0 heterocycles. The van der Waals surface area contributed by atoms with E-state index in [1.807, 2.05) is 17.0 Å². The van der Waals surface area contributed by atoms with E-state index in [1.165, 1.54) is 5.56 Å². The predicted molar refractivity (Wildman–Crippen MR) is 112 cm³/mol. The number of carbonyl (C=O) groups is 1. The molecule has 0 aliphatic heterocycles. The van der Waals surface area contributed by atoms with Crippen LogP contribution in [-0.4, -0.2) is 38.7 Å². The number of rotatable bonds is 9. The zero-order chi connectivity index (χ0) is 20.5. The number of benzene rings is 2. The Bertz CT molecular complexity index is 787. The van der Waals surface area contributed by atoms with Crippen LogP contribution in [0.4, 0.5) is 0 Å². The molecule has 28 heavy (non-hydrogen) atoms. The van der Waals surface area contributed by atoms with Crippen molar-refractivity contribution in [2.45, 2.75) is 26.8 Å². The van der Waals surface area contributed by atoms with Crippen LogP contribution >= 0.6 is 0 Å². The molecule has 0 aliphatic carbocycles. The van der Waals surface area contributed by atoms with Gasteiger partial charge in [0.1, 0.15) is 0 Å². The number of aryl methyl sites for hydroxylation is 1. The SMILES string of the molecule is CCCN(Cc1ccc(C)cc1)C(=O)/C=C/c1cc(OC)c(OC)c(OC)c1. The lowest BCUT2D eigenvalue weighted by Gasteiger charge is -2.21. The second-order valence-electron chi connectivity index (χ2n) is 6.54. The van der Waals surface area contributed by atoms with E-state index in [9.17, 15) is 4.79 Å². The van der Waals surface area contributed by atoms with Gasteiger partial charge in [0, 0.05) is 19.2 Å². The smallest absolute Gasteiger partial charge is 0.246 e. The number of nitrogens with zero attached hydrogens (tertiary/aromatic N) is 1. The van der Waals surface area contributed by atoms with E-state index in [-0.39, 0.29) is 5.91 Å². The van der Waals surface area contributed by atoms with Gasteiger partial charge in [-0.25, -0.2) is 0 Å². The zero-order valence-corrected chi connectivity index (χ0v) is 17.3. The van der Waals surface area contributed by atoms with Gasteiger partial charge >= 0.3 is 0 Å². The minimum absolute atomic E-state index is 0.0313. The Kier molecular flexibility index (Phi) is 7.93. The van der Waals surface area contributed by atoms with Crippen molar-refractivity contribution in [2.75, 3.05) is 27.9 Å². The number of ether oxygens (including phenoxy) is 3. The minimum Gasteiger partial charge on any atom is -0.493 e. The maximum Gasteiger partial charge on any atom is 0.246 e. The molecule has 2 aromatic rings. The summed E-state index contributed by atoms with van der Waals surface area (Å²) in [5, 5.41) is 0. The van der Waals surface area contributed by atoms with Gasteiger partial charge in [-0.1, -0.05) is 36.8 Å². The van der Waals surface area contributed by atoms with Crippen molar-refractivity contribution < 1.29 is 19.0 Å². The maximum absolute atomic E-state index is 12.8. The van der Waals surface area contributed by atoms with Gasteiger partial charge in [-0.3, -0.25) is 4.79 Å². The molecule has 0 aromatic heterocycles. The summed E-state index contributed by atoms with van der Waals surface area (Å²) in [4.78, 5) is 14.6. The molecule has 0 atom stereocenters. The van der Waals surface area contributed by atoms with Crippen LogP contribution < -0.4 is 14.2 Å². The van der Waals surface area contributed by atoms with Crippen molar-refractivity contribution in [3.05, 3.63) is 59.2 Å². The molecule has 5 heteroatoms. The molecule has 0 radical (unpaired) electrons.